The molecule has 1 aromatic carbocycles. The molecule has 1 saturated carbocycles. The van der Waals surface area contributed by atoms with Crippen molar-refractivity contribution >= 4 is 17.6 Å². The summed E-state index contributed by atoms with van der Waals surface area (Å²) in [6.45, 7) is 5.90. The summed E-state index contributed by atoms with van der Waals surface area (Å²) in [5.74, 6) is -0.107. The third-order valence-corrected chi connectivity index (χ3v) is 7.06. The number of anilines is 1. The van der Waals surface area contributed by atoms with E-state index in [1.807, 2.05) is 36.9 Å². The van der Waals surface area contributed by atoms with E-state index in [1.54, 1.807) is 0 Å². The second-order valence-electron chi connectivity index (χ2n) is 9.51. The largest absolute Gasteiger partial charge is 0.353 e. The second kappa shape index (κ2) is 8.88. The smallest absolute Gasteiger partial charge is 0.322 e. The van der Waals surface area contributed by atoms with E-state index in [-0.39, 0.29) is 30.1 Å². The zero-order chi connectivity index (χ0) is 22.0. The number of carbonyl (C=O) groups is 2. The van der Waals surface area contributed by atoms with E-state index in [0.717, 1.165) is 43.5 Å². The van der Waals surface area contributed by atoms with Crippen LogP contribution in [-0.4, -0.2) is 48.1 Å². The molecule has 2 unspecified atom stereocenters. The average Bonchev–Trinajstić information content (AvgIpc) is 3.35. The molecule has 2 fully saturated rings. The molecule has 1 aliphatic carbocycles. The van der Waals surface area contributed by atoms with Crippen LogP contribution < -0.4 is 15.5 Å². The summed E-state index contributed by atoms with van der Waals surface area (Å²) in [5, 5.41) is 15.7. The van der Waals surface area contributed by atoms with E-state index in [2.05, 4.69) is 27.7 Å². The van der Waals surface area contributed by atoms with Crippen LogP contribution in [0.25, 0.3) is 0 Å². The van der Waals surface area contributed by atoms with Crippen molar-refractivity contribution in [3.63, 3.8) is 0 Å². The predicted octanol–water partition coefficient (Wildman–Crippen LogP) is 3.16. The fraction of sp³-hybridized carbons (Fsp3) is 0.625. The SMILES string of the molecule is CC(C)NC(=O)N1CC2CCC(CNC(=O)C3(C#N)CCCC3)N2Cc2ccccc21. The van der Waals surface area contributed by atoms with Crippen molar-refractivity contribution in [1.29, 1.82) is 5.26 Å². The van der Waals surface area contributed by atoms with Gasteiger partial charge in [0.15, 0.2) is 0 Å². The molecule has 2 N–H and O–H groups in total. The molecule has 7 nitrogen and oxygen atoms in total. The second-order valence-corrected chi connectivity index (χ2v) is 9.51. The van der Waals surface area contributed by atoms with Gasteiger partial charge in [-0.1, -0.05) is 31.0 Å². The molecular weight excluding hydrogens is 390 g/mol. The Morgan fingerprint density at radius 3 is 2.68 bits per heavy atom. The number of fused-ring (bicyclic) bond motifs is 2. The van der Waals surface area contributed by atoms with Crippen molar-refractivity contribution in [1.82, 2.24) is 15.5 Å². The van der Waals surface area contributed by atoms with Crippen LogP contribution in [0.15, 0.2) is 24.3 Å². The molecule has 166 valence electrons. The monoisotopic (exact) mass is 423 g/mol. The minimum atomic E-state index is -0.838. The number of carbonyl (C=O) groups excluding carboxylic acids is 2. The lowest BCUT2D eigenvalue weighted by molar-refractivity contribution is -0.128. The highest BCUT2D eigenvalue weighted by molar-refractivity contribution is 5.93. The van der Waals surface area contributed by atoms with Crippen molar-refractivity contribution < 1.29 is 9.59 Å². The van der Waals surface area contributed by atoms with Gasteiger partial charge >= 0.3 is 6.03 Å². The first-order valence-corrected chi connectivity index (χ1v) is 11.5. The summed E-state index contributed by atoms with van der Waals surface area (Å²) in [6.07, 6.45) is 5.20. The van der Waals surface area contributed by atoms with Gasteiger partial charge in [0.2, 0.25) is 5.91 Å². The highest BCUT2D eigenvalue weighted by atomic mass is 16.2. The van der Waals surface area contributed by atoms with Gasteiger partial charge in [0.25, 0.3) is 0 Å². The van der Waals surface area contributed by atoms with E-state index in [0.29, 0.717) is 25.9 Å². The fourth-order valence-corrected chi connectivity index (χ4v) is 5.37. The zero-order valence-electron chi connectivity index (χ0n) is 18.6. The molecule has 3 amide bonds. The first-order chi connectivity index (χ1) is 14.9. The number of nitrogens with zero attached hydrogens (tertiary/aromatic N) is 3. The van der Waals surface area contributed by atoms with Crippen molar-refractivity contribution in [3.05, 3.63) is 29.8 Å². The molecule has 2 aliphatic heterocycles. The number of rotatable bonds is 4. The first-order valence-electron chi connectivity index (χ1n) is 11.5. The van der Waals surface area contributed by atoms with Crippen LogP contribution in [0.3, 0.4) is 0 Å². The Labute approximate surface area is 184 Å². The van der Waals surface area contributed by atoms with E-state index in [4.69, 9.17) is 0 Å². The summed E-state index contributed by atoms with van der Waals surface area (Å²) in [5.41, 5.74) is 1.26. The van der Waals surface area contributed by atoms with Crippen LogP contribution in [0, 0.1) is 16.7 Å². The lowest BCUT2D eigenvalue weighted by atomic mass is 9.87. The van der Waals surface area contributed by atoms with E-state index < -0.39 is 5.41 Å². The topological polar surface area (TPSA) is 88.5 Å². The molecule has 31 heavy (non-hydrogen) atoms. The highest BCUT2D eigenvalue weighted by Crippen LogP contribution is 2.38. The minimum absolute atomic E-state index is 0.0572. The van der Waals surface area contributed by atoms with E-state index in [1.165, 1.54) is 0 Å². The Hall–Kier alpha value is -2.59. The molecule has 3 aliphatic rings. The molecule has 4 rings (SSSR count). The number of hydrogen-bond acceptors (Lipinski definition) is 4. The number of amides is 3. The van der Waals surface area contributed by atoms with Crippen LogP contribution >= 0.6 is 0 Å². The zero-order valence-corrected chi connectivity index (χ0v) is 18.6. The van der Waals surface area contributed by atoms with Crippen molar-refractivity contribution in [3.8, 4) is 6.07 Å². The third-order valence-electron chi connectivity index (χ3n) is 7.06. The number of nitriles is 1. The number of urea groups is 1. The van der Waals surface area contributed by atoms with Gasteiger partial charge < -0.3 is 10.6 Å². The molecule has 0 spiro atoms. The lowest BCUT2D eigenvalue weighted by Gasteiger charge is -2.30. The normalized spacial score (nSPS) is 24.8. The quantitative estimate of drug-likeness (QED) is 0.779. The van der Waals surface area contributed by atoms with E-state index in [9.17, 15) is 14.9 Å². The minimum Gasteiger partial charge on any atom is -0.353 e. The number of nitrogens with one attached hydrogen (secondary N) is 2. The Morgan fingerprint density at radius 2 is 1.97 bits per heavy atom. The standard InChI is InChI=1S/C24H33N5O2/c1-17(2)27-23(31)29-15-20-10-9-19(28(20)14-18-7-3-4-8-21(18)29)13-26-22(30)24(16-25)11-5-6-12-24/h3-4,7-8,17,19-20H,5-6,9-15H2,1-2H3,(H,26,30)(H,27,31). The average molecular weight is 424 g/mol. The predicted molar refractivity (Wildman–Crippen MR) is 119 cm³/mol. The fourth-order valence-electron chi connectivity index (χ4n) is 5.37. The Kier molecular flexibility index (Phi) is 6.19. The summed E-state index contributed by atoms with van der Waals surface area (Å²) in [4.78, 5) is 30.1. The van der Waals surface area contributed by atoms with E-state index >= 15 is 0 Å². The maximum Gasteiger partial charge on any atom is 0.322 e. The number of benzene rings is 1. The summed E-state index contributed by atoms with van der Waals surface area (Å²) >= 11 is 0. The van der Waals surface area contributed by atoms with Gasteiger partial charge in [0, 0.05) is 43.4 Å². The first kappa shape index (κ1) is 21.6. The third kappa shape index (κ3) is 4.27. The van der Waals surface area contributed by atoms with Crippen LogP contribution in [-0.2, 0) is 11.3 Å². The van der Waals surface area contributed by atoms with Crippen LogP contribution in [0.2, 0.25) is 0 Å². The number of hydrogen-bond donors (Lipinski definition) is 2. The van der Waals surface area contributed by atoms with Gasteiger partial charge in [0.1, 0.15) is 5.41 Å². The van der Waals surface area contributed by atoms with Gasteiger partial charge in [-0.3, -0.25) is 14.6 Å². The van der Waals surface area contributed by atoms with Crippen molar-refractivity contribution in [2.45, 2.75) is 77.0 Å². The van der Waals surface area contributed by atoms with Crippen molar-refractivity contribution in [2.24, 2.45) is 5.41 Å². The Bertz CT molecular complexity index is 871. The summed E-state index contributed by atoms with van der Waals surface area (Å²) in [7, 11) is 0. The molecule has 1 saturated heterocycles. The molecule has 7 heteroatoms. The maximum absolute atomic E-state index is 12.9. The van der Waals surface area contributed by atoms with Crippen LogP contribution in [0.1, 0.15) is 57.9 Å². The molecule has 0 aromatic heterocycles. The molecule has 0 bridgehead atoms. The summed E-state index contributed by atoms with van der Waals surface area (Å²) < 4.78 is 0. The Morgan fingerprint density at radius 1 is 1.23 bits per heavy atom. The van der Waals surface area contributed by atoms with Crippen LogP contribution in [0.4, 0.5) is 10.5 Å². The molecule has 2 atom stereocenters. The van der Waals surface area contributed by atoms with Crippen molar-refractivity contribution in [2.75, 3.05) is 18.0 Å². The van der Waals surface area contributed by atoms with Gasteiger partial charge in [-0.05, 0) is 51.2 Å². The number of para-hydroxylation sites is 1. The van der Waals surface area contributed by atoms with Gasteiger partial charge in [-0.2, -0.15) is 5.26 Å². The molecule has 2 heterocycles. The van der Waals surface area contributed by atoms with Gasteiger partial charge in [-0.15, -0.1) is 0 Å². The lowest BCUT2D eigenvalue weighted by Crippen LogP contribution is -2.49. The van der Waals surface area contributed by atoms with Gasteiger partial charge in [-0.25, -0.2) is 4.79 Å². The Balaban J connectivity index is 1.48. The maximum atomic E-state index is 12.9. The highest BCUT2D eigenvalue weighted by Gasteiger charge is 2.43. The van der Waals surface area contributed by atoms with Gasteiger partial charge in [0.05, 0.1) is 6.07 Å². The molecule has 0 radical (unpaired) electrons. The molecular formula is C24H33N5O2. The van der Waals surface area contributed by atoms with Crippen LogP contribution in [0.5, 0.6) is 0 Å². The summed E-state index contributed by atoms with van der Waals surface area (Å²) in [6, 6.07) is 10.9. The molecule has 1 aromatic rings.